The minimum absolute atomic E-state index is 0.108. The second kappa shape index (κ2) is 12.9. The zero-order valence-electron chi connectivity index (χ0n) is 25.9. The van der Waals surface area contributed by atoms with E-state index in [4.69, 9.17) is 9.47 Å². The first-order chi connectivity index (χ1) is 23.3. The Kier molecular flexibility index (Phi) is 8.83. The number of anilines is 1. The Hall–Kier alpha value is -5.38. The van der Waals surface area contributed by atoms with Crippen LogP contribution in [0.15, 0.2) is 65.7 Å². The molecule has 3 aromatic heterocycles. The number of nitrogens with zero attached hydrogens (tertiary/aromatic N) is 4. The number of fused-ring (bicyclic) bond motifs is 2. The summed E-state index contributed by atoms with van der Waals surface area (Å²) in [6.07, 6.45) is -2.05. The van der Waals surface area contributed by atoms with Crippen LogP contribution in [0.25, 0.3) is 27.7 Å². The van der Waals surface area contributed by atoms with E-state index in [0.717, 1.165) is 12.0 Å². The maximum atomic E-state index is 15.2. The van der Waals surface area contributed by atoms with Crippen LogP contribution >= 0.6 is 0 Å². The van der Waals surface area contributed by atoms with Gasteiger partial charge in [0, 0.05) is 54.7 Å². The van der Waals surface area contributed by atoms with Crippen LogP contribution in [0.1, 0.15) is 16.1 Å². The zero-order valence-corrected chi connectivity index (χ0v) is 25.9. The van der Waals surface area contributed by atoms with Crippen LogP contribution in [0.3, 0.4) is 0 Å². The molecule has 0 bridgehead atoms. The Morgan fingerprint density at radius 2 is 1.80 bits per heavy atom. The molecule has 1 aliphatic heterocycles. The average Bonchev–Trinajstić information content (AvgIpc) is 3.56. The summed E-state index contributed by atoms with van der Waals surface area (Å²) in [5, 5.41) is 2.73. The van der Waals surface area contributed by atoms with E-state index in [0.29, 0.717) is 34.3 Å². The molecule has 0 unspecified atom stereocenters. The van der Waals surface area contributed by atoms with Gasteiger partial charge in [0.1, 0.15) is 40.7 Å². The predicted molar refractivity (Wildman–Crippen MR) is 165 cm³/mol. The summed E-state index contributed by atoms with van der Waals surface area (Å²) < 4.78 is 97.8. The molecule has 2 atom stereocenters. The van der Waals surface area contributed by atoms with E-state index in [1.54, 1.807) is 29.6 Å². The molecule has 1 aliphatic rings. The van der Waals surface area contributed by atoms with Crippen molar-refractivity contribution in [2.45, 2.75) is 24.7 Å². The van der Waals surface area contributed by atoms with Gasteiger partial charge in [-0.05, 0) is 48.5 Å². The monoisotopic (exact) mass is 687 g/mol. The molecular formula is C33H27F6N5O5. The van der Waals surface area contributed by atoms with Crippen LogP contribution < -0.4 is 15.8 Å². The minimum atomic E-state index is -4.75. The maximum Gasteiger partial charge on any atom is 0.411 e. The number of methoxy groups -OCH3 is 1. The van der Waals surface area contributed by atoms with E-state index in [9.17, 15) is 31.9 Å². The topological polar surface area (TPSA) is 107 Å². The number of pyridine rings is 2. The number of alkyl halides is 3. The van der Waals surface area contributed by atoms with Crippen LogP contribution in [0, 0.1) is 17.5 Å². The van der Waals surface area contributed by atoms with E-state index in [1.807, 2.05) is 0 Å². The quantitative estimate of drug-likeness (QED) is 0.198. The maximum absolute atomic E-state index is 15.2. The lowest BCUT2D eigenvalue weighted by molar-refractivity contribution is -0.167. The second-order valence-corrected chi connectivity index (χ2v) is 11.3. The number of hydrogen-bond acceptors (Lipinski definition) is 7. The Bertz CT molecular complexity index is 2140. The number of nitrogens with one attached hydrogen (secondary N) is 1. The SMILES string of the molecule is COC(=O)[C@H](Cc1ccc(-c2cc3cc(F)ccc3n(C)c2=O)c2nccn12)NC(=O)c1c(F)cc(N2CCOC[C@@H]2C(F)(F)F)cc1F. The second-order valence-electron chi connectivity index (χ2n) is 11.3. The molecule has 0 spiro atoms. The number of hydrogen-bond donors (Lipinski definition) is 1. The summed E-state index contributed by atoms with van der Waals surface area (Å²) in [7, 11) is 2.60. The van der Waals surface area contributed by atoms with Crippen LogP contribution in [0.5, 0.6) is 0 Å². The summed E-state index contributed by atoms with van der Waals surface area (Å²) in [4.78, 5) is 44.4. The molecule has 0 radical (unpaired) electrons. The van der Waals surface area contributed by atoms with E-state index in [-0.39, 0.29) is 36.3 Å². The lowest BCUT2D eigenvalue weighted by atomic mass is 10.0. The fraction of sp³-hybridized carbons (Fsp3) is 0.273. The molecule has 6 rings (SSSR count). The number of morpholine rings is 1. The van der Waals surface area contributed by atoms with Crippen LogP contribution in [-0.2, 0) is 27.7 Å². The van der Waals surface area contributed by atoms with Crippen LogP contribution in [0.4, 0.5) is 32.0 Å². The summed E-state index contributed by atoms with van der Waals surface area (Å²) >= 11 is 0. The van der Waals surface area contributed by atoms with Crippen molar-refractivity contribution in [2.75, 3.05) is 31.8 Å². The average molecular weight is 688 g/mol. The first kappa shape index (κ1) is 33.5. The highest BCUT2D eigenvalue weighted by Crippen LogP contribution is 2.33. The first-order valence-corrected chi connectivity index (χ1v) is 14.8. The lowest BCUT2D eigenvalue weighted by Crippen LogP contribution is -2.53. The number of aryl methyl sites for hydroxylation is 1. The van der Waals surface area contributed by atoms with Gasteiger partial charge >= 0.3 is 12.1 Å². The fourth-order valence-corrected chi connectivity index (χ4v) is 5.99. The summed E-state index contributed by atoms with van der Waals surface area (Å²) in [6.45, 7) is -1.14. The Morgan fingerprint density at radius 1 is 1.06 bits per heavy atom. The van der Waals surface area contributed by atoms with Gasteiger partial charge in [-0.1, -0.05) is 0 Å². The van der Waals surface area contributed by atoms with E-state index < -0.39 is 65.4 Å². The van der Waals surface area contributed by atoms with Gasteiger partial charge in [0.15, 0.2) is 0 Å². The molecule has 1 N–H and O–H groups in total. The van der Waals surface area contributed by atoms with Crippen molar-refractivity contribution >= 4 is 34.1 Å². The van der Waals surface area contributed by atoms with Crippen molar-refractivity contribution in [3.05, 3.63) is 100.0 Å². The van der Waals surface area contributed by atoms with Gasteiger partial charge in [-0.3, -0.25) is 9.59 Å². The third kappa shape index (κ3) is 6.30. The number of rotatable bonds is 7. The molecular weight excluding hydrogens is 660 g/mol. The van der Waals surface area contributed by atoms with Crippen molar-refractivity contribution in [1.29, 1.82) is 0 Å². The number of amides is 1. The van der Waals surface area contributed by atoms with Crippen molar-refractivity contribution in [3.63, 3.8) is 0 Å². The fourth-order valence-electron chi connectivity index (χ4n) is 5.99. The number of halogens is 6. The molecule has 1 amide bonds. The number of ether oxygens (including phenoxy) is 2. The molecule has 5 aromatic rings. The van der Waals surface area contributed by atoms with Gasteiger partial charge in [0.25, 0.3) is 11.5 Å². The van der Waals surface area contributed by atoms with Gasteiger partial charge in [-0.2, -0.15) is 13.2 Å². The largest absolute Gasteiger partial charge is 0.467 e. The Morgan fingerprint density at radius 3 is 2.49 bits per heavy atom. The van der Waals surface area contributed by atoms with E-state index >= 15 is 8.78 Å². The number of carbonyl (C=O) groups is 2. The molecule has 4 heterocycles. The third-order valence-electron chi connectivity index (χ3n) is 8.41. The van der Waals surface area contributed by atoms with E-state index in [2.05, 4.69) is 10.3 Å². The molecule has 1 saturated heterocycles. The zero-order chi connectivity index (χ0) is 35.2. The van der Waals surface area contributed by atoms with E-state index in [1.165, 1.54) is 35.2 Å². The minimum Gasteiger partial charge on any atom is -0.467 e. The Labute approximate surface area is 273 Å². The molecule has 49 heavy (non-hydrogen) atoms. The van der Waals surface area contributed by atoms with Crippen molar-refractivity contribution in [2.24, 2.45) is 7.05 Å². The van der Waals surface area contributed by atoms with Crippen molar-refractivity contribution in [3.8, 4) is 11.1 Å². The van der Waals surface area contributed by atoms with Gasteiger partial charge in [-0.15, -0.1) is 0 Å². The standard InChI is InChI=1S/C33H27F6N5O5/c1-42-26-6-3-18(34)11-17(26)12-22(31(42)46)21-5-4-19(44-8-7-40-29(21)44)15-25(32(47)48-2)41-30(45)28-23(35)13-20(14-24(28)36)43-9-10-49-16-27(43)33(37,38)39/h3-8,11-14,25,27H,9-10,15-16H2,1-2H3,(H,41,45)/t25-,27+/m0/s1. The summed E-state index contributed by atoms with van der Waals surface area (Å²) in [6, 6.07) is 6.28. The van der Waals surface area contributed by atoms with Gasteiger partial charge in [-0.25, -0.2) is 22.9 Å². The molecule has 2 aromatic carbocycles. The predicted octanol–water partition coefficient (Wildman–Crippen LogP) is 4.55. The summed E-state index contributed by atoms with van der Waals surface area (Å²) in [5.41, 5.74) is -0.154. The highest BCUT2D eigenvalue weighted by molar-refractivity contribution is 5.97. The first-order valence-electron chi connectivity index (χ1n) is 14.8. The number of imidazole rings is 1. The van der Waals surface area contributed by atoms with Crippen LogP contribution in [0.2, 0.25) is 0 Å². The van der Waals surface area contributed by atoms with Gasteiger partial charge in [0.05, 0.1) is 31.4 Å². The third-order valence-corrected chi connectivity index (χ3v) is 8.41. The molecule has 10 nitrogen and oxygen atoms in total. The van der Waals surface area contributed by atoms with Crippen molar-refractivity contribution < 1.29 is 45.4 Å². The molecule has 1 fully saturated rings. The highest BCUT2D eigenvalue weighted by Gasteiger charge is 2.46. The summed E-state index contributed by atoms with van der Waals surface area (Å²) in [5.74, 6) is -5.69. The molecule has 16 heteroatoms. The number of benzene rings is 2. The van der Waals surface area contributed by atoms with Crippen LogP contribution in [-0.4, -0.2) is 71.0 Å². The van der Waals surface area contributed by atoms with Crippen molar-refractivity contribution in [1.82, 2.24) is 19.3 Å². The molecule has 0 aliphatic carbocycles. The normalized spacial score (nSPS) is 15.8. The smallest absolute Gasteiger partial charge is 0.411 e. The van der Waals surface area contributed by atoms with Gasteiger partial charge < -0.3 is 28.7 Å². The lowest BCUT2D eigenvalue weighted by Gasteiger charge is -2.38. The number of carbonyl (C=O) groups excluding carboxylic acids is 2. The molecule has 0 saturated carbocycles. The number of aromatic nitrogens is 3. The molecule has 256 valence electrons. The number of esters is 1. The van der Waals surface area contributed by atoms with Gasteiger partial charge in [0.2, 0.25) is 0 Å². The Balaban J connectivity index is 1.30. The highest BCUT2D eigenvalue weighted by atomic mass is 19.4.